The first-order valence-corrected chi connectivity index (χ1v) is 4.24. The molecule has 0 amide bonds. The molecule has 2 unspecified atom stereocenters. The third-order valence-electron chi connectivity index (χ3n) is 2.69. The summed E-state index contributed by atoms with van der Waals surface area (Å²) in [5, 5.41) is 0. The molecule has 0 heterocycles. The quantitative estimate of drug-likeness (QED) is 0.575. The van der Waals surface area contributed by atoms with Gasteiger partial charge in [-0.25, -0.2) is 0 Å². The summed E-state index contributed by atoms with van der Waals surface area (Å²) in [6, 6.07) is 0. The Kier molecular flexibility index (Phi) is 2.47. The van der Waals surface area contributed by atoms with Gasteiger partial charge in [0.2, 0.25) is 0 Å². The van der Waals surface area contributed by atoms with Crippen molar-refractivity contribution in [1.29, 1.82) is 0 Å². The molecule has 0 saturated heterocycles. The monoisotopic (exact) mass is 140 g/mol. The van der Waals surface area contributed by atoms with Crippen LogP contribution < -0.4 is 0 Å². The fourth-order valence-corrected chi connectivity index (χ4v) is 1.81. The number of ketones is 1. The Morgan fingerprint density at radius 1 is 1.50 bits per heavy atom. The zero-order valence-corrected chi connectivity index (χ0v) is 6.89. The topological polar surface area (TPSA) is 17.1 Å². The second kappa shape index (κ2) is 3.18. The van der Waals surface area contributed by atoms with Crippen molar-refractivity contribution in [1.82, 2.24) is 0 Å². The van der Waals surface area contributed by atoms with E-state index in [-0.39, 0.29) is 0 Å². The molecule has 0 radical (unpaired) electrons. The highest BCUT2D eigenvalue weighted by Crippen LogP contribution is 2.32. The molecular formula is C9H16O. The van der Waals surface area contributed by atoms with Crippen LogP contribution in [-0.2, 0) is 4.79 Å². The number of Topliss-reactive ketones (excluding diaryl/α,β-unsaturated/α-hetero) is 1. The summed E-state index contributed by atoms with van der Waals surface area (Å²) in [6.07, 6.45) is 4.84. The summed E-state index contributed by atoms with van der Waals surface area (Å²) in [4.78, 5) is 10.9. The predicted molar refractivity (Wildman–Crippen MR) is 41.8 cm³/mol. The second-order valence-electron chi connectivity index (χ2n) is 3.39. The highest BCUT2D eigenvalue weighted by molar-refractivity contribution is 5.78. The van der Waals surface area contributed by atoms with E-state index in [2.05, 4.69) is 6.92 Å². The van der Waals surface area contributed by atoms with Gasteiger partial charge < -0.3 is 0 Å². The maximum atomic E-state index is 10.9. The van der Waals surface area contributed by atoms with E-state index in [4.69, 9.17) is 0 Å². The molecule has 1 fully saturated rings. The van der Waals surface area contributed by atoms with Gasteiger partial charge in [0, 0.05) is 5.92 Å². The van der Waals surface area contributed by atoms with Gasteiger partial charge in [0.1, 0.15) is 5.78 Å². The molecule has 1 aliphatic rings. The smallest absolute Gasteiger partial charge is 0.132 e. The van der Waals surface area contributed by atoms with Crippen LogP contribution in [0.4, 0.5) is 0 Å². The molecule has 1 saturated carbocycles. The van der Waals surface area contributed by atoms with Crippen LogP contribution in [0.15, 0.2) is 0 Å². The number of carbonyl (C=O) groups is 1. The van der Waals surface area contributed by atoms with Crippen molar-refractivity contribution in [3.63, 3.8) is 0 Å². The van der Waals surface area contributed by atoms with E-state index < -0.39 is 0 Å². The lowest BCUT2D eigenvalue weighted by atomic mass is 10.0. The van der Waals surface area contributed by atoms with E-state index in [1.165, 1.54) is 12.8 Å². The molecule has 0 spiro atoms. The second-order valence-corrected chi connectivity index (χ2v) is 3.39. The molecule has 1 rings (SSSR count). The molecular weight excluding hydrogens is 124 g/mol. The van der Waals surface area contributed by atoms with E-state index >= 15 is 0 Å². The molecule has 0 aliphatic heterocycles. The normalized spacial score (nSPS) is 32.6. The highest BCUT2D eigenvalue weighted by atomic mass is 16.1. The lowest BCUT2D eigenvalue weighted by Gasteiger charge is -2.04. The zero-order chi connectivity index (χ0) is 7.56. The summed E-state index contributed by atoms with van der Waals surface area (Å²) in [5.41, 5.74) is 0. The molecule has 0 aromatic heterocycles. The third kappa shape index (κ3) is 1.59. The molecule has 1 heteroatoms. The van der Waals surface area contributed by atoms with Crippen molar-refractivity contribution >= 4 is 5.78 Å². The van der Waals surface area contributed by atoms with Crippen LogP contribution >= 0.6 is 0 Å². The lowest BCUT2D eigenvalue weighted by molar-refractivity contribution is -0.120. The van der Waals surface area contributed by atoms with Crippen LogP contribution in [0, 0.1) is 11.8 Å². The Labute approximate surface area is 62.8 Å². The molecule has 10 heavy (non-hydrogen) atoms. The maximum absolute atomic E-state index is 10.9. The molecule has 0 aromatic carbocycles. The standard InChI is InChI=1S/C9H16O/c1-3-8-4-5-9(6-8)7(2)10/h8-9H,3-6H2,1-2H3. The molecule has 0 bridgehead atoms. The molecule has 1 aliphatic carbocycles. The van der Waals surface area contributed by atoms with Crippen molar-refractivity contribution < 1.29 is 4.79 Å². The van der Waals surface area contributed by atoms with Crippen LogP contribution in [0.2, 0.25) is 0 Å². The minimum atomic E-state index is 0.399. The van der Waals surface area contributed by atoms with E-state index in [9.17, 15) is 4.79 Å². The first-order chi connectivity index (χ1) is 4.74. The fourth-order valence-electron chi connectivity index (χ4n) is 1.81. The number of carbonyl (C=O) groups excluding carboxylic acids is 1. The first-order valence-electron chi connectivity index (χ1n) is 4.24. The first kappa shape index (κ1) is 7.77. The molecule has 2 atom stereocenters. The Hall–Kier alpha value is -0.330. The number of hydrogen-bond acceptors (Lipinski definition) is 1. The van der Waals surface area contributed by atoms with E-state index in [1.54, 1.807) is 6.92 Å². The summed E-state index contributed by atoms with van der Waals surface area (Å²) in [6.45, 7) is 3.94. The van der Waals surface area contributed by atoms with E-state index in [0.717, 1.165) is 18.8 Å². The van der Waals surface area contributed by atoms with Gasteiger partial charge in [-0.1, -0.05) is 13.3 Å². The van der Waals surface area contributed by atoms with Crippen molar-refractivity contribution in [3.8, 4) is 0 Å². The van der Waals surface area contributed by atoms with Crippen LogP contribution in [0.3, 0.4) is 0 Å². The average Bonchev–Trinajstić information content (AvgIpc) is 2.34. The average molecular weight is 140 g/mol. The molecule has 0 N–H and O–H groups in total. The predicted octanol–water partition coefficient (Wildman–Crippen LogP) is 2.40. The van der Waals surface area contributed by atoms with Crippen molar-refractivity contribution in [3.05, 3.63) is 0 Å². The maximum Gasteiger partial charge on any atom is 0.132 e. The lowest BCUT2D eigenvalue weighted by Crippen LogP contribution is -2.05. The Morgan fingerprint density at radius 3 is 2.50 bits per heavy atom. The van der Waals surface area contributed by atoms with Crippen LogP contribution in [0.1, 0.15) is 39.5 Å². The summed E-state index contributed by atoms with van der Waals surface area (Å²) in [7, 11) is 0. The van der Waals surface area contributed by atoms with E-state index in [0.29, 0.717) is 11.7 Å². The number of hydrogen-bond donors (Lipinski definition) is 0. The molecule has 1 nitrogen and oxygen atoms in total. The zero-order valence-electron chi connectivity index (χ0n) is 6.89. The van der Waals surface area contributed by atoms with Crippen molar-refractivity contribution in [2.75, 3.05) is 0 Å². The van der Waals surface area contributed by atoms with Gasteiger partial charge in [0.05, 0.1) is 0 Å². The van der Waals surface area contributed by atoms with Crippen LogP contribution in [0.25, 0.3) is 0 Å². The van der Waals surface area contributed by atoms with Gasteiger partial charge in [0.25, 0.3) is 0 Å². The summed E-state index contributed by atoms with van der Waals surface area (Å²) < 4.78 is 0. The minimum Gasteiger partial charge on any atom is -0.300 e. The van der Waals surface area contributed by atoms with Crippen molar-refractivity contribution in [2.24, 2.45) is 11.8 Å². The molecule has 0 aromatic rings. The summed E-state index contributed by atoms with van der Waals surface area (Å²) in [5.74, 6) is 1.65. The Bertz CT molecular complexity index is 129. The van der Waals surface area contributed by atoms with Gasteiger partial charge in [0.15, 0.2) is 0 Å². The molecule has 58 valence electrons. The van der Waals surface area contributed by atoms with Crippen LogP contribution in [0.5, 0.6) is 0 Å². The van der Waals surface area contributed by atoms with Gasteiger partial charge in [-0.05, 0) is 32.1 Å². The van der Waals surface area contributed by atoms with Crippen molar-refractivity contribution in [2.45, 2.75) is 39.5 Å². The fraction of sp³-hybridized carbons (Fsp3) is 0.889. The Morgan fingerprint density at radius 2 is 2.20 bits per heavy atom. The van der Waals surface area contributed by atoms with Gasteiger partial charge in [-0.15, -0.1) is 0 Å². The van der Waals surface area contributed by atoms with Crippen LogP contribution in [-0.4, -0.2) is 5.78 Å². The summed E-state index contributed by atoms with van der Waals surface area (Å²) >= 11 is 0. The Balaban J connectivity index is 2.35. The van der Waals surface area contributed by atoms with Gasteiger partial charge in [-0.3, -0.25) is 4.79 Å². The highest BCUT2D eigenvalue weighted by Gasteiger charge is 2.25. The van der Waals surface area contributed by atoms with Gasteiger partial charge >= 0.3 is 0 Å². The number of rotatable bonds is 2. The van der Waals surface area contributed by atoms with E-state index in [1.807, 2.05) is 0 Å². The third-order valence-corrected chi connectivity index (χ3v) is 2.69. The largest absolute Gasteiger partial charge is 0.300 e. The SMILES string of the molecule is CCC1CCC(C(C)=O)C1. The van der Waals surface area contributed by atoms with Gasteiger partial charge in [-0.2, -0.15) is 0 Å². The minimum absolute atomic E-state index is 0.399.